The molecule has 0 heterocycles. The SMILES string of the molecule is CCCC(=O)[O-].CCCC(=O)[O-].C[N+](C)(C)C[C@H](O)CC(=O)[O-].[Ca+2]. The predicted molar refractivity (Wildman–Crippen MR) is 84.1 cm³/mol. The van der Waals surface area contributed by atoms with E-state index in [4.69, 9.17) is 5.11 Å². The van der Waals surface area contributed by atoms with Crippen molar-refractivity contribution in [3.8, 4) is 0 Å². The number of carbonyl (C=O) groups is 3. The number of quaternary nitrogens is 1. The van der Waals surface area contributed by atoms with Crippen LogP contribution in [0.4, 0.5) is 0 Å². The van der Waals surface area contributed by atoms with E-state index < -0.39 is 24.0 Å². The number of aliphatic hydroxyl groups excluding tert-OH is 1. The molecule has 0 bridgehead atoms. The molecule has 0 saturated carbocycles. The van der Waals surface area contributed by atoms with Crippen LogP contribution in [-0.2, 0) is 14.4 Å². The van der Waals surface area contributed by atoms with Crippen molar-refractivity contribution >= 4 is 55.6 Å². The minimum absolute atomic E-state index is 0. The summed E-state index contributed by atoms with van der Waals surface area (Å²) in [7, 11) is 5.66. The Hall–Kier alpha value is -0.410. The van der Waals surface area contributed by atoms with Crippen LogP contribution in [0.1, 0.15) is 46.0 Å². The molecule has 0 aromatic heterocycles. The van der Waals surface area contributed by atoms with Gasteiger partial charge in [-0.05, 0) is 12.8 Å². The molecule has 0 aromatic carbocycles. The van der Waals surface area contributed by atoms with Gasteiger partial charge in [0.1, 0.15) is 12.6 Å². The Morgan fingerprint density at radius 1 is 0.875 bits per heavy atom. The molecule has 0 rings (SSSR count). The molecule has 0 aliphatic rings. The Bertz CT molecular complexity index is 327. The van der Waals surface area contributed by atoms with E-state index in [9.17, 15) is 29.7 Å². The molecule has 0 aromatic rings. The summed E-state index contributed by atoms with van der Waals surface area (Å²) < 4.78 is 0.550. The van der Waals surface area contributed by atoms with Gasteiger partial charge in [-0.2, -0.15) is 0 Å². The summed E-state index contributed by atoms with van der Waals surface area (Å²) in [5.41, 5.74) is 0. The number of rotatable bonds is 8. The molecule has 0 saturated heterocycles. The van der Waals surface area contributed by atoms with E-state index in [1.54, 1.807) is 13.8 Å². The number of carboxylic acid groups (broad SMARTS) is 3. The Kier molecular flexibility index (Phi) is 24.7. The fraction of sp³-hybridized carbons (Fsp3) is 0.800. The number of likely N-dealkylation sites (N-methyl/N-ethyl adjacent to an activating group) is 1. The summed E-state index contributed by atoms with van der Waals surface area (Å²) in [5.74, 6) is -3.12. The monoisotopic (exact) mass is 375 g/mol. The average molecular weight is 375 g/mol. The number of hydrogen-bond donors (Lipinski definition) is 1. The molecule has 138 valence electrons. The fourth-order valence-corrected chi connectivity index (χ4v) is 1.30. The smallest absolute Gasteiger partial charge is 0.550 e. The van der Waals surface area contributed by atoms with Crippen molar-refractivity contribution in [3.63, 3.8) is 0 Å². The normalized spacial score (nSPS) is 10.8. The quantitative estimate of drug-likeness (QED) is 0.349. The zero-order chi connectivity index (χ0) is 19.1. The van der Waals surface area contributed by atoms with Crippen LogP contribution in [0.5, 0.6) is 0 Å². The maximum Gasteiger partial charge on any atom is 2.00 e. The first-order valence-electron chi connectivity index (χ1n) is 7.43. The molecule has 0 aliphatic heterocycles. The van der Waals surface area contributed by atoms with Crippen LogP contribution in [0, 0.1) is 0 Å². The van der Waals surface area contributed by atoms with Crippen LogP contribution < -0.4 is 15.3 Å². The molecule has 0 radical (unpaired) electrons. The van der Waals surface area contributed by atoms with Crippen LogP contribution in [0.3, 0.4) is 0 Å². The molecule has 0 fully saturated rings. The Balaban J connectivity index is -0.000000132. The second-order valence-corrected chi connectivity index (χ2v) is 5.95. The Morgan fingerprint density at radius 2 is 1.21 bits per heavy atom. The Morgan fingerprint density at radius 3 is 1.33 bits per heavy atom. The van der Waals surface area contributed by atoms with E-state index in [-0.39, 0.29) is 57.0 Å². The van der Waals surface area contributed by atoms with E-state index in [2.05, 4.69) is 0 Å². The van der Waals surface area contributed by atoms with Crippen molar-refractivity contribution < 1.29 is 39.3 Å². The molecular weight excluding hydrogens is 346 g/mol. The largest absolute Gasteiger partial charge is 2.00 e. The van der Waals surface area contributed by atoms with Gasteiger partial charge in [-0.1, -0.05) is 26.7 Å². The first-order chi connectivity index (χ1) is 10.4. The summed E-state index contributed by atoms with van der Waals surface area (Å²) in [6, 6.07) is 0. The van der Waals surface area contributed by atoms with Crippen LogP contribution in [0.15, 0.2) is 0 Å². The number of hydrogen-bond acceptors (Lipinski definition) is 7. The van der Waals surface area contributed by atoms with Gasteiger partial charge >= 0.3 is 37.7 Å². The summed E-state index contributed by atoms with van der Waals surface area (Å²) in [4.78, 5) is 29.0. The molecule has 0 amide bonds. The number of aliphatic hydroxyl groups is 1. The van der Waals surface area contributed by atoms with Crippen LogP contribution >= 0.6 is 0 Å². The first-order valence-corrected chi connectivity index (χ1v) is 7.43. The van der Waals surface area contributed by atoms with Gasteiger partial charge in [0.25, 0.3) is 0 Å². The molecular formula is C15H29CaNO7. The molecule has 1 N–H and O–H groups in total. The van der Waals surface area contributed by atoms with Crippen LogP contribution in [0.2, 0.25) is 0 Å². The second-order valence-electron chi connectivity index (χ2n) is 5.95. The standard InChI is InChI=1S/C7H15NO3.2C4H8O2.Ca/c1-8(2,3)5-6(9)4-7(10)11;2*1-2-3-4(5)6;/h6,9H,4-5H2,1-3H3;2*2-3H2,1H3,(H,5,6);/q;;;+2/p-2/t6-;;;/m1.../s1. The average Bonchev–Trinajstić information content (AvgIpc) is 2.25. The summed E-state index contributed by atoms with van der Waals surface area (Å²) in [5, 5.41) is 38.1. The predicted octanol–water partition coefficient (Wildman–Crippen LogP) is -3.11. The molecule has 0 aliphatic carbocycles. The van der Waals surface area contributed by atoms with E-state index in [1.165, 1.54) is 0 Å². The van der Waals surface area contributed by atoms with Crippen molar-refractivity contribution in [1.82, 2.24) is 0 Å². The maximum absolute atomic E-state index is 10.0. The number of nitrogens with zero attached hydrogens (tertiary/aromatic N) is 1. The summed E-state index contributed by atoms with van der Waals surface area (Å²) in [6.07, 6.45) is 0.611. The molecule has 9 heteroatoms. The van der Waals surface area contributed by atoms with Gasteiger partial charge in [-0.25, -0.2) is 0 Å². The zero-order valence-electron chi connectivity index (χ0n) is 15.4. The van der Waals surface area contributed by atoms with Gasteiger partial charge in [0.2, 0.25) is 0 Å². The summed E-state index contributed by atoms with van der Waals surface area (Å²) in [6.45, 7) is 4.03. The number of aliphatic carboxylic acids is 3. The molecule has 0 unspecified atom stereocenters. The zero-order valence-corrected chi connectivity index (χ0v) is 17.6. The van der Waals surface area contributed by atoms with Gasteiger partial charge in [0, 0.05) is 24.3 Å². The van der Waals surface area contributed by atoms with Gasteiger partial charge in [-0.3, -0.25) is 0 Å². The maximum atomic E-state index is 10.0. The van der Waals surface area contributed by atoms with Gasteiger partial charge in [0.05, 0.1) is 21.1 Å². The van der Waals surface area contributed by atoms with Gasteiger partial charge < -0.3 is 39.3 Å². The number of carbonyl (C=O) groups excluding carboxylic acids is 3. The minimum atomic E-state index is -1.20. The van der Waals surface area contributed by atoms with E-state index in [0.717, 1.165) is 0 Å². The van der Waals surface area contributed by atoms with Crippen molar-refractivity contribution in [2.24, 2.45) is 0 Å². The van der Waals surface area contributed by atoms with E-state index >= 15 is 0 Å². The van der Waals surface area contributed by atoms with E-state index in [0.29, 0.717) is 23.9 Å². The van der Waals surface area contributed by atoms with Crippen LogP contribution in [-0.4, -0.2) is 99.0 Å². The second kappa shape index (κ2) is 18.9. The molecule has 1 atom stereocenters. The topological polar surface area (TPSA) is 141 Å². The molecule has 0 spiro atoms. The van der Waals surface area contributed by atoms with Crippen molar-refractivity contribution in [2.75, 3.05) is 27.7 Å². The van der Waals surface area contributed by atoms with Crippen molar-refractivity contribution in [3.05, 3.63) is 0 Å². The third kappa shape index (κ3) is 43.0. The van der Waals surface area contributed by atoms with Crippen molar-refractivity contribution in [2.45, 2.75) is 52.1 Å². The number of carboxylic acids is 3. The van der Waals surface area contributed by atoms with Crippen LogP contribution in [0.25, 0.3) is 0 Å². The van der Waals surface area contributed by atoms with Gasteiger partial charge in [-0.15, -0.1) is 0 Å². The molecule has 24 heavy (non-hydrogen) atoms. The third-order valence-electron chi connectivity index (χ3n) is 2.07. The summed E-state index contributed by atoms with van der Waals surface area (Å²) >= 11 is 0. The fourth-order valence-electron chi connectivity index (χ4n) is 1.30. The van der Waals surface area contributed by atoms with E-state index in [1.807, 2.05) is 21.1 Å². The minimum Gasteiger partial charge on any atom is -0.550 e. The Labute approximate surface area is 174 Å². The third-order valence-corrected chi connectivity index (χ3v) is 2.07. The van der Waals surface area contributed by atoms with Gasteiger partial charge in [0.15, 0.2) is 0 Å². The first kappa shape index (κ1) is 31.4. The van der Waals surface area contributed by atoms with Crippen molar-refractivity contribution in [1.29, 1.82) is 0 Å². The molecule has 8 nitrogen and oxygen atoms in total.